The number of pyridine rings is 1. The van der Waals surface area contributed by atoms with Gasteiger partial charge in [0.1, 0.15) is 5.40 Å². The number of rotatable bonds is 2. The van der Waals surface area contributed by atoms with Gasteiger partial charge in [-0.05, 0) is 42.1 Å². The Kier molecular flexibility index (Phi) is 4.33. The molecule has 2 heterocycles. The predicted molar refractivity (Wildman–Crippen MR) is 91.7 cm³/mol. The number of aromatic nitrogens is 1. The maximum Gasteiger partial charge on any atom is 0.262 e. The molecular weight excluding hydrogens is 332 g/mol. The molecule has 0 aliphatic carbocycles. The average molecular weight is 343 g/mol. The van der Waals surface area contributed by atoms with Gasteiger partial charge >= 0.3 is 0 Å². The zero-order valence-corrected chi connectivity index (χ0v) is 13.7. The van der Waals surface area contributed by atoms with E-state index in [0.29, 0.717) is 16.4 Å². The van der Waals surface area contributed by atoms with Crippen molar-refractivity contribution in [2.75, 3.05) is 11.9 Å². The van der Waals surface area contributed by atoms with Crippen LogP contribution in [-0.2, 0) is 4.79 Å². The van der Waals surface area contributed by atoms with E-state index in [2.05, 4.69) is 9.98 Å². The lowest BCUT2D eigenvalue weighted by Crippen LogP contribution is -2.32. The van der Waals surface area contributed by atoms with Crippen molar-refractivity contribution >= 4 is 40.7 Å². The van der Waals surface area contributed by atoms with Crippen LogP contribution in [0.2, 0.25) is 5.02 Å². The largest absolute Gasteiger partial charge is 0.312 e. The van der Waals surface area contributed by atoms with Crippen molar-refractivity contribution in [1.82, 2.24) is 4.98 Å². The summed E-state index contributed by atoms with van der Waals surface area (Å²) in [6.45, 7) is 0. The van der Waals surface area contributed by atoms with Gasteiger partial charge in [0.15, 0.2) is 5.37 Å². The molecule has 0 saturated heterocycles. The van der Waals surface area contributed by atoms with Gasteiger partial charge in [0, 0.05) is 35.6 Å². The van der Waals surface area contributed by atoms with Crippen molar-refractivity contribution in [1.29, 1.82) is 5.26 Å². The number of hydrogen-bond acceptors (Lipinski definition) is 5. The summed E-state index contributed by atoms with van der Waals surface area (Å²) >= 11 is 6.96. The fourth-order valence-electron chi connectivity index (χ4n) is 2.38. The van der Waals surface area contributed by atoms with Crippen LogP contribution in [0.5, 0.6) is 0 Å². The van der Waals surface area contributed by atoms with Crippen LogP contribution in [0.1, 0.15) is 11.1 Å². The van der Waals surface area contributed by atoms with Gasteiger partial charge in [0.2, 0.25) is 0 Å². The number of carbonyl (C=O) groups excluding carboxylic acids is 1. The first-order chi connectivity index (χ1) is 11.1. The van der Waals surface area contributed by atoms with E-state index in [4.69, 9.17) is 16.9 Å². The van der Waals surface area contributed by atoms with Crippen molar-refractivity contribution in [3.8, 4) is 5.40 Å². The molecule has 1 aliphatic rings. The fourth-order valence-corrected chi connectivity index (χ4v) is 3.07. The summed E-state index contributed by atoms with van der Waals surface area (Å²) in [6, 6.07) is 8.93. The van der Waals surface area contributed by atoms with Crippen molar-refractivity contribution in [2.45, 2.75) is 5.37 Å². The molecule has 7 heteroatoms. The van der Waals surface area contributed by atoms with E-state index in [1.807, 2.05) is 11.5 Å². The number of fused-ring (bicyclic) bond motifs is 1. The van der Waals surface area contributed by atoms with Gasteiger partial charge in [-0.25, -0.2) is 0 Å². The maximum absolute atomic E-state index is 12.6. The second-order valence-electron chi connectivity index (χ2n) is 4.84. The van der Waals surface area contributed by atoms with Crippen molar-refractivity contribution in [3.05, 3.63) is 58.9 Å². The standard InChI is InChI=1S/C16H11ClN4OS/c1-21-13-5-4-11(17)7-12(13)14(10-3-2-6-19-8-10)20-15(16(21)22)23-9-18/h2-8,15H,1H3. The van der Waals surface area contributed by atoms with Crippen LogP contribution in [-0.4, -0.2) is 29.0 Å². The highest BCUT2D eigenvalue weighted by Gasteiger charge is 2.30. The van der Waals surface area contributed by atoms with Gasteiger partial charge in [-0.3, -0.25) is 14.8 Å². The topological polar surface area (TPSA) is 69.3 Å². The number of hydrogen-bond donors (Lipinski definition) is 0. The molecule has 1 unspecified atom stereocenters. The highest BCUT2D eigenvalue weighted by atomic mass is 35.5. The summed E-state index contributed by atoms with van der Waals surface area (Å²) < 4.78 is 0. The molecule has 0 radical (unpaired) electrons. The highest BCUT2D eigenvalue weighted by Crippen LogP contribution is 2.32. The van der Waals surface area contributed by atoms with Crippen LogP contribution in [0.25, 0.3) is 0 Å². The molecule has 3 rings (SSSR count). The monoisotopic (exact) mass is 342 g/mol. The number of carbonyl (C=O) groups is 1. The summed E-state index contributed by atoms with van der Waals surface area (Å²) in [5, 5.41) is 10.6. The summed E-state index contributed by atoms with van der Waals surface area (Å²) in [7, 11) is 1.67. The van der Waals surface area contributed by atoms with E-state index in [0.717, 1.165) is 22.9 Å². The van der Waals surface area contributed by atoms with Crippen LogP contribution < -0.4 is 4.90 Å². The zero-order chi connectivity index (χ0) is 16.4. The molecule has 0 bridgehead atoms. The minimum atomic E-state index is -0.827. The molecule has 0 spiro atoms. The Labute approximate surface area is 142 Å². The predicted octanol–water partition coefficient (Wildman–Crippen LogP) is 3.09. The smallest absolute Gasteiger partial charge is 0.262 e. The van der Waals surface area contributed by atoms with Crippen LogP contribution in [0.4, 0.5) is 5.69 Å². The minimum absolute atomic E-state index is 0.251. The van der Waals surface area contributed by atoms with Crippen molar-refractivity contribution < 1.29 is 4.79 Å². The summed E-state index contributed by atoms with van der Waals surface area (Å²) in [4.78, 5) is 22.7. The minimum Gasteiger partial charge on any atom is -0.312 e. The number of thiocyanates is 1. The van der Waals surface area contributed by atoms with Crippen LogP contribution >= 0.6 is 23.4 Å². The number of benzene rings is 1. The lowest BCUT2D eigenvalue weighted by molar-refractivity contribution is -0.117. The zero-order valence-electron chi connectivity index (χ0n) is 12.1. The summed E-state index contributed by atoms with van der Waals surface area (Å²) in [5.41, 5.74) is 2.80. The van der Waals surface area contributed by atoms with E-state index in [-0.39, 0.29) is 5.91 Å². The third-order valence-corrected chi connectivity index (χ3v) is 4.33. The maximum atomic E-state index is 12.6. The van der Waals surface area contributed by atoms with E-state index in [1.54, 1.807) is 43.7 Å². The molecule has 0 saturated carbocycles. The average Bonchev–Trinajstić information content (AvgIpc) is 2.66. The Morgan fingerprint density at radius 2 is 2.22 bits per heavy atom. The molecule has 0 fully saturated rings. The van der Waals surface area contributed by atoms with Gasteiger partial charge in [-0.1, -0.05) is 11.6 Å². The fraction of sp³-hybridized carbons (Fsp3) is 0.125. The Morgan fingerprint density at radius 3 is 2.91 bits per heavy atom. The molecule has 1 aliphatic heterocycles. The van der Waals surface area contributed by atoms with E-state index in [1.165, 1.54) is 4.90 Å². The molecule has 2 aromatic rings. The van der Waals surface area contributed by atoms with Crippen LogP contribution in [0.15, 0.2) is 47.7 Å². The van der Waals surface area contributed by atoms with E-state index in [9.17, 15) is 4.79 Å². The summed E-state index contributed by atoms with van der Waals surface area (Å²) in [5.74, 6) is -0.251. The number of benzodiazepines with no additional fused rings is 1. The molecule has 1 aromatic carbocycles. The highest BCUT2D eigenvalue weighted by molar-refractivity contribution is 8.05. The van der Waals surface area contributed by atoms with Crippen LogP contribution in [0, 0.1) is 10.7 Å². The lowest BCUT2D eigenvalue weighted by atomic mass is 10.0. The molecule has 0 N–H and O–H groups in total. The first-order valence-electron chi connectivity index (χ1n) is 6.72. The van der Waals surface area contributed by atoms with Gasteiger partial charge in [0.25, 0.3) is 5.91 Å². The Morgan fingerprint density at radius 1 is 1.39 bits per heavy atom. The molecule has 1 amide bonds. The van der Waals surface area contributed by atoms with E-state index >= 15 is 0 Å². The number of aliphatic imine (C=N–C) groups is 1. The molecule has 1 atom stereocenters. The number of thioether (sulfide) groups is 1. The van der Waals surface area contributed by atoms with Gasteiger partial charge in [-0.2, -0.15) is 5.26 Å². The first-order valence-corrected chi connectivity index (χ1v) is 7.98. The van der Waals surface area contributed by atoms with E-state index < -0.39 is 5.37 Å². The van der Waals surface area contributed by atoms with Gasteiger partial charge in [-0.15, -0.1) is 0 Å². The normalized spacial score (nSPS) is 17.1. The number of amides is 1. The molecule has 114 valence electrons. The molecule has 5 nitrogen and oxygen atoms in total. The third-order valence-electron chi connectivity index (χ3n) is 3.46. The summed E-state index contributed by atoms with van der Waals surface area (Å²) in [6.07, 6.45) is 3.34. The molecular formula is C16H11ClN4OS. The Bertz CT molecular complexity index is 832. The number of likely N-dealkylation sites (N-methyl/N-ethyl adjacent to an activating group) is 1. The Hall–Kier alpha value is -2.36. The number of nitriles is 1. The SMILES string of the molecule is CN1C(=O)C(SC#N)N=C(c2cccnc2)c2cc(Cl)ccc21. The van der Waals surface area contributed by atoms with Gasteiger partial charge in [0.05, 0.1) is 11.4 Å². The third kappa shape index (κ3) is 2.93. The van der Waals surface area contributed by atoms with Crippen molar-refractivity contribution in [3.63, 3.8) is 0 Å². The van der Waals surface area contributed by atoms with Crippen molar-refractivity contribution in [2.24, 2.45) is 4.99 Å². The van der Waals surface area contributed by atoms with Crippen LogP contribution in [0.3, 0.4) is 0 Å². The number of anilines is 1. The second kappa shape index (κ2) is 6.41. The Balaban J connectivity index is 2.26. The number of halogens is 1. The molecule has 1 aromatic heterocycles. The number of nitrogens with zero attached hydrogens (tertiary/aromatic N) is 4. The first kappa shape index (κ1) is 15.5. The second-order valence-corrected chi connectivity index (χ2v) is 6.14. The molecule has 23 heavy (non-hydrogen) atoms. The lowest BCUT2D eigenvalue weighted by Gasteiger charge is -2.19. The van der Waals surface area contributed by atoms with Gasteiger partial charge < -0.3 is 4.90 Å². The quantitative estimate of drug-likeness (QED) is 0.786.